The third kappa shape index (κ3) is 2.54. The lowest BCUT2D eigenvalue weighted by atomic mass is 10.1. The van der Waals surface area contributed by atoms with Crippen LogP contribution in [-0.4, -0.2) is 5.78 Å². The fourth-order valence-corrected chi connectivity index (χ4v) is 2.09. The summed E-state index contributed by atoms with van der Waals surface area (Å²) in [5.74, 6) is -3.00. The maximum atomic E-state index is 13.5. The van der Waals surface area contributed by atoms with Crippen LogP contribution in [0, 0.1) is 17.5 Å². The number of para-hydroxylation sites is 1. The van der Waals surface area contributed by atoms with Gasteiger partial charge in [-0.25, -0.2) is 13.2 Å². The molecular formula is C16H9F3O2. The fraction of sp³-hybridized carbons (Fsp3) is 0.0625. The summed E-state index contributed by atoms with van der Waals surface area (Å²) in [6.45, 7) is 0. The molecule has 106 valence electrons. The van der Waals surface area contributed by atoms with Gasteiger partial charge in [-0.1, -0.05) is 18.2 Å². The van der Waals surface area contributed by atoms with Crippen molar-refractivity contribution in [2.45, 2.75) is 6.42 Å². The lowest BCUT2D eigenvalue weighted by Gasteiger charge is -2.00. The molecular weight excluding hydrogens is 281 g/mol. The summed E-state index contributed by atoms with van der Waals surface area (Å²) in [6.07, 6.45) is -0.154. The highest BCUT2D eigenvalue weighted by Gasteiger charge is 2.15. The second-order valence-electron chi connectivity index (χ2n) is 4.62. The van der Waals surface area contributed by atoms with Crippen LogP contribution < -0.4 is 0 Å². The van der Waals surface area contributed by atoms with Gasteiger partial charge < -0.3 is 4.42 Å². The molecule has 3 aromatic rings. The zero-order valence-corrected chi connectivity index (χ0v) is 10.7. The van der Waals surface area contributed by atoms with Crippen molar-refractivity contribution >= 4 is 16.8 Å². The Balaban J connectivity index is 1.90. The van der Waals surface area contributed by atoms with E-state index in [2.05, 4.69) is 0 Å². The van der Waals surface area contributed by atoms with Gasteiger partial charge in [0, 0.05) is 11.8 Å². The lowest BCUT2D eigenvalue weighted by molar-refractivity contribution is 0.0968. The summed E-state index contributed by atoms with van der Waals surface area (Å²) in [7, 11) is 0. The van der Waals surface area contributed by atoms with Crippen molar-refractivity contribution in [3.8, 4) is 0 Å². The SMILES string of the molecule is O=C(Cc1ccc(F)c(F)c1)c1cc2cccc(F)c2o1. The topological polar surface area (TPSA) is 30.2 Å². The van der Waals surface area contributed by atoms with Crippen LogP contribution in [0.1, 0.15) is 16.1 Å². The van der Waals surface area contributed by atoms with Crippen LogP contribution in [0.4, 0.5) is 13.2 Å². The Bertz CT molecular complexity index is 837. The average molecular weight is 290 g/mol. The van der Waals surface area contributed by atoms with Crippen molar-refractivity contribution in [1.29, 1.82) is 0 Å². The van der Waals surface area contributed by atoms with Crippen LogP contribution in [0.3, 0.4) is 0 Å². The van der Waals surface area contributed by atoms with E-state index in [4.69, 9.17) is 4.42 Å². The van der Waals surface area contributed by atoms with Gasteiger partial charge in [0.25, 0.3) is 0 Å². The summed E-state index contributed by atoms with van der Waals surface area (Å²) < 4.78 is 44.6. The minimum absolute atomic E-state index is 0.00568. The molecule has 5 heteroatoms. The van der Waals surface area contributed by atoms with Gasteiger partial charge in [0.2, 0.25) is 5.78 Å². The Morgan fingerprint density at radius 2 is 1.76 bits per heavy atom. The molecule has 2 nitrogen and oxygen atoms in total. The average Bonchev–Trinajstić information content (AvgIpc) is 2.89. The first-order valence-corrected chi connectivity index (χ1v) is 6.20. The molecule has 2 aromatic carbocycles. The molecule has 0 saturated carbocycles. The van der Waals surface area contributed by atoms with E-state index in [1.54, 1.807) is 6.07 Å². The molecule has 0 amide bonds. The third-order valence-electron chi connectivity index (χ3n) is 3.12. The van der Waals surface area contributed by atoms with Gasteiger partial charge >= 0.3 is 0 Å². The van der Waals surface area contributed by atoms with Crippen LogP contribution in [0.25, 0.3) is 11.0 Å². The van der Waals surface area contributed by atoms with Crippen LogP contribution >= 0.6 is 0 Å². The van der Waals surface area contributed by atoms with E-state index in [0.29, 0.717) is 10.9 Å². The Morgan fingerprint density at radius 1 is 0.952 bits per heavy atom. The number of rotatable bonds is 3. The smallest absolute Gasteiger partial charge is 0.202 e. The molecule has 1 heterocycles. The number of carbonyl (C=O) groups excluding carboxylic acids is 1. The molecule has 0 fully saturated rings. The Labute approximate surface area is 117 Å². The molecule has 3 rings (SSSR count). The molecule has 0 spiro atoms. The monoisotopic (exact) mass is 290 g/mol. The molecule has 0 bridgehead atoms. The molecule has 0 radical (unpaired) electrons. The van der Waals surface area contributed by atoms with Crippen LogP contribution in [0.2, 0.25) is 0 Å². The largest absolute Gasteiger partial charge is 0.450 e. The minimum atomic E-state index is -1.02. The molecule has 21 heavy (non-hydrogen) atoms. The van der Waals surface area contributed by atoms with Crippen LogP contribution in [0.15, 0.2) is 46.9 Å². The predicted molar refractivity (Wildman–Crippen MR) is 70.6 cm³/mol. The van der Waals surface area contributed by atoms with E-state index in [0.717, 1.165) is 12.1 Å². The van der Waals surface area contributed by atoms with E-state index in [-0.39, 0.29) is 17.8 Å². The highest BCUT2D eigenvalue weighted by atomic mass is 19.2. The summed E-state index contributed by atoms with van der Waals surface area (Å²) >= 11 is 0. The van der Waals surface area contributed by atoms with Gasteiger partial charge in [0.1, 0.15) is 0 Å². The van der Waals surface area contributed by atoms with Crippen LogP contribution in [0.5, 0.6) is 0 Å². The first-order valence-electron chi connectivity index (χ1n) is 6.20. The number of hydrogen-bond acceptors (Lipinski definition) is 2. The first-order chi connectivity index (χ1) is 10.0. The third-order valence-corrected chi connectivity index (χ3v) is 3.12. The number of furan rings is 1. The number of fused-ring (bicyclic) bond motifs is 1. The summed E-state index contributed by atoms with van der Waals surface area (Å²) in [5, 5.41) is 0.476. The summed E-state index contributed by atoms with van der Waals surface area (Å²) in [4.78, 5) is 12.1. The molecule has 0 atom stereocenters. The quantitative estimate of drug-likeness (QED) is 0.674. The Morgan fingerprint density at radius 3 is 2.48 bits per heavy atom. The van der Waals surface area contributed by atoms with Gasteiger partial charge in [-0.2, -0.15) is 0 Å². The Hall–Kier alpha value is -2.56. The van der Waals surface area contributed by atoms with Gasteiger partial charge in [0.15, 0.2) is 28.8 Å². The predicted octanol–water partition coefficient (Wildman–Crippen LogP) is 4.28. The van der Waals surface area contributed by atoms with Crippen molar-refractivity contribution in [2.24, 2.45) is 0 Å². The van der Waals surface area contributed by atoms with E-state index >= 15 is 0 Å². The van der Waals surface area contributed by atoms with Gasteiger partial charge in [0.05, 0.1) is 0 Å². The van der Waals surface area contributed by atoms with Crippen molar-refractivity contribution in [1.82, 2.24) is 0 Å². The summed E-state index contributed by atoms with van der Waals surface area (Å²) in [6, 6.07) is 9.02. The van der Waals surface area contributed by atoms with E-state index < -0.39 is 23.2 Å². The van der Waals surface area contributed by atoms with Gasteiger partial charge in [-0.3, -0.25) is 4.79 Å². The standard InChI is InChI=1S/C16H9F3O2/c17-11-5-4-9(6-13(11)19)7-14(20)15-8-10-2-1-3-12(18)16(10)21-15/h1-6,8H,7H2. The normalized spacial score (nSPS) is 11.0. The highest BCUT2D eigenvalue weighted by molar-refractivity contribution is 5.98. The maximum absolute atomic E-state index is 13.5. The second kappa shape index (κ2) is 5.09. The molecule has 1 aromatic heterocycles. The summed E-state index contributed by atoms with van der Waals surface area (Å²) in [5.41, 5.74) is 0.325. The number of halogens is 3. The fourth-order valence-electron chi connectivity index (χ4n) is 2.09. The minimum Gasteiger partial charge on any atom is -0.450 e. The van der Waals surface area contributed by atoms with Crippen molar-refractivity contribution in [3.63, 3.8) is 0 Å². The van der Waals surface area contributed by atoms with E-state index in [1.807, 2.05) is 0 Å². The molecule has 0 unspecified atom stereocenters. The number of benzene rings is 2. The second-order valence-corrected chi connectivity index (χ2v) is 4.62. The lowest BCUT2D eigenvalue weighted by Crippen LogP contribution is -2.02. The van der Waals surface area contributed by atoms with Crippen molar-refractivity contribution in [2.75, 3.05) is 0 Å². The van der Waals surface area contributed by atoms with Gasteiger partial charge in [-0.15, -0.1) is 0 Å². The molecule has 0 N–H and O–H groups in total. The zero-order chi connectivity index (χ0) is 15.0. The number of hydrogen-bond donors (Lipinski definition) is 0. The number of carbonyl (C=O) groups is 1. The molecule has 0 aliphatic carbocycles. The molecule has 0 saturated heterocycles. The first kappa shape index (κ1) is 13.4. The maximum Gasteiger partial charge on any atom is 0.202 e. The van der Waals surface area contributed by atoms with Crippen LogP contribution in [-0.2, 0) is 6.42 Å². The van der Waals surface area contributed by atoms with Gasteiger partial charge in [-0.05, 0) is 29.8 Å². The Kier molecular flexibility index (Phi) is 3.25. The van der Waals surface area contributed by atoms with E-state index in [1.165, 1.54) is 24.3 Å². The number of ketones is 1. The van der Waals surface area contributed by atoms with E-state index in [9.17, 15) is 18.0 Å². The molecule has 0 aliphatic rings. The molecule has 0 aliphatic heterocycles. The highest BCUT2D eigenvalue weighted by Crippen LogP contribution is 2.23. The number of Topliss-reactive ketones (excluding diaryl/α,β-unsaturated/α-hetero) is 1. The van der Waals surface area contributed by atoms with Crippen molar-refractivity contribution in [3.05, 3.63) is 71.2 Å². The zero-order valence-electron chi connectivity index (χ0n) is 10.7. The van der Waals surface area contributed by atoms with Crippen molar-refractivity contribution < 1.29 is 22.4 Å².